The van der Waals surface area contributed by atoms with Gasteiger partial charge in [-0.1, -0.05) is 48.0 Å². The van der Waals surface area contributed by atoms with E-state index < -0.39 is 5.60 Å². The Morgan fingerprint density at radius 2 is 1.52 bits per heavy atom. The topological polar surface area (TPSA) is 70.9 Å². The second-order valence-corrected chi connectivity index (χ2v) is 9.09. The van der Waals surface area contributed by atoms with E-state index in [2.05, 4.69) is 46.2 Å². The molecule has 0 bridgehead atoms. The van der Waals surface area contributed by atoms with E-state index in [1.54, 1.807) is 32.4 Å². The minimum atomic E-state index is -1.08. The van der Waals surface area contributed by atoms with Gasteiger partial charge in [-0.25, -0.2) is 9.97 Å². The van der Waals surface area contributed by atoms with Crippen molar-refractivity contribution in [1.29, 1.82) is 0 Å². The molecule has 2 aromatic heterocycles. The van der Waals surface area contributed by atoms with Crippen LogP contribution < -0.4 is 5.32 Å². The number of aromatic nitrogens is 3. The van der Waals surface area contributed by atoms with Crippen LogP contribution in [-0.2, 0) is 11.1 Å². The molecule has 0 saturated heterocycles. The van der Waals surface area contributed by atoms with Gasteiger partial charge >= 0.3 is 0 Å². The Hall–Kier alpha value is -3.02. The fraction of sp³-hybridized carbons (Fsp3) is 0.240. The summed E-state index contributed by atoms with van der Waals surface area (Å²) in [5, 5.41) is 15.2. The van der Waals surface area contributed by atoms with Crippen molar-refractivity contribution in [2.75, 3.05) is 5.32 Å². The lowest BCUT2D eigenvalue weighted by Gasteiger charge is -2.29. The van der Waals surface area contributed by atoms with Crippen molar-refractivity contribution in [3.8, 4) is 11.1 Å². The van der Waals surface area contributed by atoms with Crippen LogP contribution in [0.3, 0.4) is 0 Å². The van der Waals surface area contributed by atoms with Crippen LogP contribution >= 0.6 is 11.6 Å². The highest BCUT2D eigenvalue weighted by molar-refractivity contribution is 6.34. The number of anilines is 1. The zero-order chi connectivity index (χ0) is 22.2. The van der Waals surface area contributed by atoms with Crippen molar-refractivity contribution in [1.82, 2.24) is 15.0 Å². The van der Waals surface area contributed by atoms with Crippen LogP contribution in [0.4, 0.5) is 5.69 Å². The molecule has 0 unspecified atom stereocenters. The number of nitrogens with one attached hydrogen (secondary N) is 1. The third kappa shape index (κ3) is 4.38. The molecule has 0 amide bonds. The molecule has 158 valence electrons. The van der Waals surface area contributed by atoms with Crippen molar-refractivity contribution in [2.24, 2.45) is 0 Å². The number of aliphatic hydroxyl groups is 1. The molecule has 0 spiro atoms. The molecule has 0 aliphatic rings. The Morgan fingerprint density at radius 1 is 0.839 bits per heavy atom. The van der Waals surface area contributed by atoms with Crippen LogP contribution in [0, 0.1) is 0 Å². The Labute approximate surface area is 187 Å². The lowest BCUT2D eigenvalue weighted by atomic mass is 9.93. The van der Waals surface area contributed by atoms with Gasteiger partial charge in [-0.2, -0.15) is 0 Å². The molecule has 5 nitrogen and oxygen atoms in total. The Bertz CT molecular complexity index is 1220. The van der Waals surface area contributed by atoms with Gasteiger partial charge in [0.2, 0.25) is 0 Å². The molecule has 4 aromatic rings. The van der Waals surface area contributed by atoms with Crippen LogP contribution in [0.1, 0.15) is 39.1 Å². The first-order valence-electron chi connectivity index (χ1n) is 10.1. The second kappa shape index (κ2) is 7.91. The highest BCUT2D eigenvalue weighted by atomic mass is 35.5. The molecule has 0 atom stereocenters. The maximum absolute atomic E-state index is 10.1. The summed E-state index contributed by atoms with van der Waals surface area (Å²) in [6.07, 6.45) is 5.12. The molecule has 31 heavy (non-hydrogen) atoms. The number of fused-ring (bicyclic) bond motifs is 1. The van der Waals surface area contributed by atoms with Gasteiger partial charge in [0.1, 0.15) is 5.60 Å². The minimum Gasteiger partial charge on any atom is -0.382 e. The van der Waals surface area contributed by atoms with Crippen molar-refractivity contribution in [2.45, 2.75) is 38.8 Å². The molecule has 0 saturated carbocycles. The van der Waals surface area contributed by atoms with E-state index >= 15 is 0 Å². The van der Waals surface area contributed by atoms with E-state index in [4.69, 9.17) is 11.6 Å². The first kappa shape index (κ1) is 21.2. The molecule has 4 rings (SSSR count). The summed E-state index contributed by atoms with van der Waals surface area (Å²) in [5.41, 5.74) is 3.20. The van der Waals surface area contributed by atoms with Crippen LogP contribution in [0.2, 0.25) is 5.02 Å². The maximum atomic E-state index is 10.1. The highest BCUT2D eigenvalue weighted by Gasteiger charge is 2.23. The second-order valence-electron chi connectivity index (χ2n) is 8.68. The van der Waals surface area contributed by atoms with Gasteiger partial charge in [-0.05, 0) is 51.0 Å². The third-order valence-corrected chi connectivity index (χ3v) is 5.57. The zero-order valence-electron chi connectivity index (χ0n) is 18.0. The molecule has 0 radical (unpaired) electrons. The quantitative estimate of drug-likeness (QED) is 0.409. The molecule has 2 aromatic carbocycles. The lowest BCUT2D eigenvalue weighted by molar-refractivity contribution is 0.0687. The number of halogens is 1. The van der Waals surface area contributed by atoms with E-state index in [0.717, 1.165) is 33.3 Å². The van der Waals surface area contributed by atoms with Crippen molar-refractivity contribution < 1.29 is 5.11 Å². The minimum absolute atomic E-state index is 0.341. The van der Waals surface area contributed by atoms with E-state index in [1.165, 1.54) is 0 Å². The van der Waals surface area contributed by atoms with E-state index in [-0.39, 0.29) is 5.54 Å². The zero-order valence-corrected chi connectivity index (χ0v) is 18.8. The fourth-order valence-electron chi connectivity index (χ4n) is 3.51. The van der Waals surface area contributed by atoms with Gasteiger partial charge in [0.25, 0.3) is 0 Å². The molecule has 0 fully saturated rings. The van der Waals surface area contributed by atoms with Crippen LogP contribution in [-0.4, -0.2) is 20.1 Å². The summed E-state index contributed by atoms with van der Waals surface area (Å²) >= 11 is 6.59. The normalized spacial score (nSPS) is 12.2. The number of pyridine rings is 1. The predicted octanol–water partition coefficient (Wildman–Crippen LogP) is 5.92. The highest BCUT2D eigenvalue weighted by Crippen LogP contribution is 2.36. The molecule has 0 aliphatic carbocycles. The Kier molecular flexibility index (Phi) is 5.42. The number of rotatable bonds is 5. The fourth-order valence-corrected chi connectivity index (χ4v) is 3.71. The van der Waals surface area contributed by atoms with Gasteiger partial charge in [0.05, 0.1) is 21.8 Å². The van der Waals surface area contributed by atoms with Crippen LogP contribution in [0.5, 0.6) is 0 Å². The van der Waals surface area contributed by atoms with E-state index in [9.17, 15) is 5.11 Å². The van der Waals surface area contributed by atoms with E-state index in [1.807, 2.05) is 36.4 Å². The van der Waals surface area contributed by atoms with Crippen molar-refractivity contribution >= 4 is 28.2 Å². The lowest BCUT2D eigenvalue weighted by Crippen LogP contribution is -2.28. The number of hydrogen-bond acceptors (Lipinski definition) is 5. The molecule has 2 N–H and O–H groups in total. The van der Waals surface area contributed by atoms with Gasteiger partial charge < -0.3 is 10.4 Å². The molecule has 0 aliphatic heterocycles. The summed E-state index contributed by atoms with van der Waals surface area (Å²) < 4.78 is 0. The molecule has 2 heterocycles. The van der Waals surface area contributed by atoms with Crippen molar-refractivity contribution in [3.63, 3.8) is 0 Å². The SMILES string of the molecule is CC(C)(O)c1ncc(-c2ccc3ncc(Cl)c(NC(C)(C)c4ccccc4)c3c2)cn1. The largest absolute Gasteiger partial charge is 0.382 e. The number of nitrogens with zero attached hydrogens (tertiary/aromatic N) is 3. The van der Waals surface area contributed by atoms with Crippen molar-refractivity contribution in [3.05, 3.63) is 83.5 Å². The Morgan fingerprint density at radius 3 is 2.16 bits per heavy atom. The average molecular weight is 433 g/mol. The summed E-state index contributed by atoms with van der Waals surface area (Å²) in [5.74, 6) is 0.383. The van der Waals surface area contributed by atoms with Gasteiger partial charge in [-0.15, -0.1) is 0 Å². The van der Waals surface area contributed by atoms with E-state index in [0.29, 0.717) is 10.8 Å². The molecule has 6 heteroatoms. The molecular weight excluding hydrogens is 408 g/mol. The van der Waals surface area contributed by atoms with Crippen LogP contribution in [0.15, 0.2) is 67.1 Å². The molecular formula is C25H25ClN4O. The summed E-state index contributed by atoms with van der Waals surface area (Å²) in [6.45, 7) is 7.58. The average Bonchev–Trinajstić information content (AvgIpc) is 2.75. The standard InChI is InChI=1S/C25H25ClN4O/c1-24(2,18-8-6-5-7-9-18)30-22-19-12-16(10-11-21(19)27-15-20(22)26)17-13-28-23(29-14-17)25(3,4)31/h5-15,31H,1-4H3,(H,27,30). The first-order valence-corrected chi connectivity index (χ1v) is 10.5. The number of hydrogen-bond donors (Lipinski definition) is 2. The number of benzene rings is 2. The smallest absolute Gasteiger partial charge is 0.159 e. The van der Waals surface area contributed by atoms with Gasteiger partial charge in [0.15, 0.2) is 5.82 Å². The third-order valence-electron chi connectivity index (χ3n) is 5.29. The van der Waals surface area contributed by atoms with Crippen LogP contribution in [0.25, 0.3) is 22.0 Å². The first-order chi connectivity index (χ1) is 14.6. The predicted molar refractivity (Wildman–Crippen MR) is 126 cm³/mol. The summed E-state index contributed by atoms with van der Waals surface area (Å²) in [7, 11) is 0. The summed E-state index contributed by atoms with van der Waals surface area (Å²) in [6, 6.07) is 16.2. The van der Waals surface area contributed by atoms with Gasteiger partial charge in [0, 0.05) is 29.5 Å². The maximum Gasteiger partial charge on any atom is 0.159 e. The van der Waals surface area contributed by atoms with Gasteiger partial charge in [-0.3, -0.25) is 4.98 Å². The Balaban J connectivity index is 1.77. The monoisotopic (exact) mass is 432 g/mol. The summed E-state index contributed by atoms with van der Waals surface area (Å²) in [4.78, 5) is 13.1.